The maximum Gasteiger partial charge on any atom is 0.107 e. The molecule has 1 aromatic heterocycles. The second kappa shape index (κ2) is 4.58. The second-order valence-corrected chi connectivity index (χ2v) is 6.45. The summed E-state index contributed by atoms with van der Waals surface area (Å²) < 4.78 is 0. The van der Waals surface area contributed by atoms with Crippen LogP contribution in [0.25, 0.3) is 10.9 Å². The Morgan fingerprint density at radius 1 is 1.24 bits per heavy atom. The summed E-state index contributed by atoms with van der Waals surface area (Å²) in [6, 6.07) is 14.8. The summed E-state index contributed by atoms with van der Waals surface area (Å²) in [4.78, 5) is 1.76. The first-order valence-corrected chi connectivity index (χ1v) is 7.44. The van der Waals surface area contributed by atoms with Crippen molar-refractivity contribution in [2.75, 3.05) is 13.6 Å². The first-order valence-electron chi connectivity index (χ1n) is 7.06. The molecule has 3 nitrogen and oxygen atoms in total. The minimum atomic E-state index is -0.511. The van der Waals surface area contributed by atoms with Crippen LogP contribution >= 0.6 is 11.6 Å². The number of alkyl halides is 1. The van der Waals surface area contributed by atoms with E-state index >= 15 is 0 Å². The number of H-pyrrole nitrogens is 1. The number of fused-ring (bicyclic) bond motifs is 2. The minimum absolute atomic E-state index is 0.511. The van der Waals surface area contributed by atoms with E-state index in [-0.39, 0.29) is 0 Å². The van der Waals surface area contributed by atoms with E-state index in [1.165, 1.54) is 11.1 Å². The van der Waals surface area contributed by atoms with Gasteiger partial charge in [-0.2, -0.15) is 5.10 Å². The molecule has 2 aromatic carbocycles. The Balaban J connectivity index is 1.92. The van der Waals surface area contributed by atoms with E-state index in [2.05, 4.69) is 64.6 Å². The van der Waals surface area contributed by atoms with Crippen LogP contribution in [0.2, 0.25) is 0 Å². The van der Waals surface area contributed by atoms with Crippen molar-refractivity contribution in [3.05, 3.63) is 65.4 Å². The van der Waals surface area contributed by atoms with E-state index < -0.39 is 4.87 Å². The highest BCUT2D eigenvalue weighted by Crippen LogP contribution is 2.42. The Kier molecular flexibility index (Phi) is 2.81. The zero-order valence-electron chi connectivity index (χ0n) is 11.8. The number of aromatic amines is 1. The lowest BCUT2D eigenvalue weighted by molar-refractivity contribution is 0.279. The molecule has 1 aliphatic rings. The van der Waals surface area contributed by atoms with Crippen LogP contribution in [0.5, 0.6) is 0 Å². The molecule has 21 heavy (non-hydrogen) atoms. The zero-order valence-corrected chi connectivity index (χ0v) is 12.6. The monoisotopic (exact) mass is 297 g/mol. The van der Waals surface area contributed by atoms with Gasteiger partial charge in [0.25, 0.3) is 0 Å². The van der Waals surface area contributed by atoms with Crippen LogP contribution in [-0.4, -0.2) is 28.7 Å². The molecule has 3 aromatic rings. The smallest absolute Gasteiger partial charge is 0.107 e. The van der Waals surface area contributed by atoms with Gasteiger partial charge in [-0.05, 0) is 29.8 Å². The number of halogens is 1. The Morgan fingerprint density at radius 2 is 2.10 bits per heavy atom. The van der Waals surface area contributed by atoms with Crippen LogP contribution in [0.4, 0.5) is 0 Å². The normalized spacial score (nSPS) is 22.4. The fourth-order valence-electron chi connectivity index (χ4n) is 3.28. The average Bonchev–Trinajstić information content (AvgIpc) is 2.94. The third kappa shape index (κ3) is 1.96. The lowest BCUT2D eigenvalue weighted by atomic mass is 9.83. The van der Waals surface area contributed by atoms with Crippen molar-refractivity contribution in [1.82, 2.24) is 15.1 Å². The summed E-state index contributed by atoms with van der Waals surface area (Å²) in [5.41, 5.74) is 4.65. The molecule has 0 aliphatic carbocycles. The minimum Gasteiger partial charge on any atom is -0.300 e. The predicted molar refractivity (Wildman–Crippen MR) is 85.5 cm³/mol. The van der Waals surface area contributed by atoms with Crippen LogP contribution in [-0.2, 0) is 11.4 Å². The molecule has 106 valence electrons. The summed E-state index contributed by atoms with van der Waals surface area (Å²) in [6.07, 6.45) is 1.83. The first kappa shape index (κ1) is 12.9. The van der Waals surface area contributed by atoms with E-state index in [0.29, 0.717) is 0 Å². The largest absolute Gasteiger partial charge is 0.300 e. The van der Waals surface area contributed by atoms with Gasteiger partial charge in [-0.1, -0.05) is 36.4 Å². The molecule has 0 saturated heterocycles. The molecule has 1 atom stereocenters. The standard InChI is InChI=1S/C17H16ClN3/c1-21-10-13-4-2-3-5-15(13)17(18,11-21)14-7-6-12-9-19-20-16(12)8-14/h2-9H,10-11H2,1H3,(H,19,20). The van der Waals surface area contributed by atoms with Crippen molar-refractivity contribution in [1.29, 1.82) is 0 Å². The van der Waals surface area contributed by atoms with Crippen LogP contribution in [0.15, 0.2) is 48.7 Å². The number of nitrogens with zero attached hydrogens (tertiary/aromatic N) is 2. The summed E-state index contributed by atoms with van der Waals surface area (Å²) in [6.45, 7) is 1.74. The molecule has 0 spiro atoms. The highest BCUT2D eigenvalue weighted by atomic mass is 35.5. The van der Waals surface area contributed by atoms with Gasteiger partial charge < -0.3 is 0 Å². The van der Waals surface area contributed by atoms with E-state index in [4.69, 9.17) is 11.6 Å². The Labute approximate surface area is 128 Å². The maximum atomic E-state index is 7.12. The van der Waals surface area contributed by atoms with Gasteiger partial charge in [-0.25, -0.2) is 0 Å². The number of likely N-dealkylation sites (N-methyl/N-ethyl adjacent to an activating group) is 1. The van der Waals surface area contributed by atoms with Gasteiger partial charge in [0.15, 0.2) is 0 Å². The van der Waals surface area contributed by atoms with Crippen molar-refractivity contribution < 1.29 is 0 Å². The number of aromatic nitrogens is 2. The molecular weight excluding hydrogens is 282 g/mol. The predicted octanol–water partition coefficient (Wildman–Crippen LogP) is 3.49. The third-order valence-electron chi connectivity index (χ3n) is 4.27. The fraction of sp³-hybridized carbons (Fsp3) is 0.235. The highest BCUT2D eigenvalue weighted by molar-refractivity contribution is 6.26. The van der Waals surface area contributed by atoms with E-state index in [0.717, 1.165) is 29.6 Å². The molecule has 0 bridgehead atoms. The quantitative estimate of drug-likeness (QED) is 0.697. The average molecular weight is 298 g/mol. The summed E-state index contributed by atoms with van der Waals surface area (Å²) in [5, 5.41) is 8.23. The van der Waals surface area contributed by atoms with Crippen molar-refractivity contribution in [3.63, 3.8) is 0 Å². The zero-order chi connectivity index (χ0) is 14.4. The maximum absolute atomic E-state index is 7.12. The topological polar surface area (TPSA) is 31.9 Å². The molecule has 0 amide bonds. The molecular formula is C17H16ClN3. The van der Waals surface area contributed by atoms with E-state index in [9.17, 15) is 0 Å². The number of hydrogen-bond donors (Lipinski definition) is 1. The molecule has 1 aliphatic heterocycles. The van der Waals surface area contributed by atoms with Crippen LogP contribution in [0.1, 0.15) is 16.7 Å². The molecule has 1 unspecified atom stereocenters. The van der Waals surface area contributed by atoms with Crippen LogP contribution in [0, 0.1) is 0 Å². The van der Waals surface area contributed by atoms with Crippen LogP contribution in [0.3, 0.4) is 0 Å². The molecule has 0 radical (unpaired) electrons. The van der Waals surface area contributed by atoms with Gasteiger partial charge in [0.05, 0.1) is 11.7 Å². The Hall–Kier alpha value is -1.84. The number of nitrogens with one attached hydrogen (secondary N) is 1. The molecule has 1 N–H and O–H groups in total. The third-order valence-corrected chi connectivity index (χ3v) is 4.81. The molecule has 4 heteroatoms. The molecule has 0 saturated carbocycles. The van der Waals surface area contributed by atoms with Gasteiger partial charge in [0.1, 0.15) is 4.87 Å². The molecule has 2 heterocycles. The molecule has 0 fully saturated rings. The van der Waals surface area contributed by atoms with Crippen molar-refractivity contribution in [2.45, 2.75) is 11.4 Å². The van der Waals surface area contributed by atoms with Gasteiger partial charge in [0.2, 0.25) is 0 Å². The summed E-state index contributed by atoms with van der Waals surface area (Å²) in [7, 11) is 2.11. The number of hydrogen-bond acceptors (Lipinski definition) is 2. The highest BCUT2D eigenvalue weighted by Gasteiger charge is 2.38. The second-order valence-electron chi connectivity index (χ2n) is 5.80. The lowest BCUT2D eigenvalue weighted by Crippen LogP contribution is -2.41. The van der Waals surface area contributed by atoms with Crippen molar-refractivity contribution in [2.24, 2.45) is 0 Å². The Morgan fingerprint density at radius 3 is 3.00 bits per heavy atom. The van der Waals surface area contributed by atoms with Crippen LogP contribution < -0.4 is 0 Å². The lowest BCUT2D eigenvalue weighted by Gasteiger charge is -2.39. The fourth-order valence-corrected chi connectivity index (χ4v) is 3.78. The van der Waals surface area contributed by atoms with E-state index in [1.54, 1.807) is 0 Å². The summed E-state index contributed by atoms with van der Waals surface area (Å²) in [5.74, 6) is 0. The van der Waals surface area contributed by atoms with Crippen molar-refractivity contribution >= 4 is 22.5 Å². The SMILES string of the molecule is CN1Cc2ccccc2C(Cl)(c2ccc3cn[nH]c3c2)C1. The van der Waals surface area contributed by atoms with Gasteiger partial charge >= 0.3 is 0 Å². The molecule has 4 rings (SSSR count). The van der Waals surface area contributed by atoms with Gasteiger partial charge in [-0.15, -0.1) is 11.6 Å². The van der Waals surface area contributed by atoms with Crippen molar-refractivity contribution in [3.8, 4) is 0 Å². The number of benzene rings is 2. The number of rotatable bonds is 1. The Bertz CT molecular complexity index is 810. The summed E-state index contributed by atoms with van der Waals surface area (Å²) >= 11 is 7.12. The van der Waals surface area contributed by atoms with E-state index in [1.807, 2.05) is 6.20 Å². The van der Waals surface area contributed by atoms with Gasteiger partial charge in [-0.3, -0.25) is 10.00 Å². The first-order chi connectivity index (χ1) is 10.2. The van der Waals surface area contributed by atoms with Gasteiger partial charge in [0, 0.05) is 18.5 Å².